The number of benzene rings is 1. The maximum atomic E-state index is 12.2. The van der Waals surface area contributed by atoms with Gasteiger partial charge in [0, 0.05) is 19.1 Å². The molecule has 7 heteroatoms. The van der Waals surface area contributed by atoms with Gasteiger partial charge in [-0.2, -0.15) is 8.42 Å². The Morgan fingerprint density at radius 1 is 1.32 bits per heavy atom. The highest BCUT2D eigenvalue weighted by atomic mass is 32.2. The van der Waals surface area contributed by atoms with Crippen LogP contribution in [0.3, 0.4) is 0 Å². The van der Waals surface area contributed by atoms with E-state index in [0.717, 1.165) is 24.9 Å². The van der Waals surface area contributed by atoms with E-state index in [1.807, 2.05) is 25.7 Å². The summed E-state index contributed by atoms with van der Waals surface area (Å²) in [5.74, 6) is 0.264. The van der Waals surface area contributed by atoms with E-state index in [0.29, 0.717) is 13.0 Å². The summed E-state index contributed by atoms with van der Waals surface area (Å²) in [7, 11) is -3.72. The maximum Gasteiger partial charge on any atom is 0.317 e. The molecule has 2 rings (SSSR count). The van der Waals surface area contributed by atoms with Gasteiger partial charge in [0.25, 0.3) is 10.1 Å². The van der Waals surface area contributed by atoms with Crippen molar-refractivity contribution in [3.05, 3.63) is 29.8 Å². The van der Waals surface area contributed by atoms with Gasteiger partial charge in [-0.15, -0.1) is 0 Å². The van der Waals surface area contributed by atoms with Gasteiger partial charge in [-0.05, 0) is 58.1 Å². The summed E-state index contributed by atoms with van der Waals surface area (Å²) < 4.78 is 29.5. The summed E-state index contributed by atoms with van der Waals surface area (Å²) in [5, 5.41) is 2.90. The second-order valence-electron chi connectivity index (χ2n) is 6.94. The van der Waals surface area contributed by atoms with Gasteiger partial charge in [-0.25, -0.2) is 4.79 Å². The molecule has 1 aromatic carbocycles. The molecule has 0 aliphatic carbocycles. The predicted octanol–water partition coefficient (Wildman–Crippen LogP) is 2.92. The zero-order chi connectivity index (χ0) is 18.4. The van der Waals surface area contributed by atoms with E-state index >= 15 is 0 Å². The van der Waals surface area contributed by atoms with Gasteiger partial charge in [-0.1, -0.05) is 17.7 Å². The van der Waals surface area contributed by atoms with Crippen LogP contribution >= 0.6 is 0 Å². The van der Waals surface area contributed by atoms with Crippen LogP contribution in [0.1, 0.15) is 38.7 Å². The highest BCUT2D eigenvalue weighted by molar-refractivity contribution is 7.86. The molecule has 1 saturated heterocycles. The topological polar surface area (TPSA) is 75.7 Å². The van der Waals surface area contributed by atoms with Crippen molar-refractivity contribution in [3.8, 4) is 0 Å². The molecule has 1 N–H and O–H groups in total. The molecule has 140 valence electrons. The molecule has 0 aromatic heterocycles. The number of piperidine rings is 1. The van der Waals surface area contributed by atoms with Gasteiger partial charge in [-0.3, -0.25) is 4.18 Å². The lowest BCUT2D eigenvalue weighted by molar-refractivity contribution is 0.152. The first kappa shape index (κ1) is 19.7. The lowest BCUT2D eigenvalue weighted by atomic mass is 9.95. The normalized spacial score (nSPS) is 18.4. The van der Waals surface area contributed by atoms with Crippen LogP contribution in [0.2, 0.25) is 0 Å². The van der Waals surface area contributed by atoms with Crippen LogP contribution in [-0.4, -0.2) is 45.1 Å². The lowest BCUT2D eigenvalue weighted by Crippen LogP contribution is -2.47. The maximum absolute atomic E-state index is 12.2. The Labute approximate surface area is 150 Å². The molecular formula is C18H28N2O4S. The summed E-state index contributed by atoms with van der Waals surface area (Å²) in [6.45, 7) is 7.30. The van der Waals surface area contributed by atoms with E-state index in [1.165, 1.54) is 0 Å². The highest BCUT2D eigenvalue weighted by Gasteiger charge is 2.24. The molecule has 1 aromatic rings. The van der Waals surface area contributed by atoms with Crippen molar-refractivity contribution in [2.24, 2.45) is 5.92 Å². The van der Waals surface area contributed by atoms with Gasteiger partial charge < -0.3 is 10.2 Å². The Kier molecular flexibility index (Phi) is 6.84. The summed E-state index contributed by atoms with van der Waals surface area (Å²) in [6, 6.07) is 6.68. The van der Waals surface area contributed by atoms with Gasteiger partial charge in [0.15, 0.2) is 0 Å². The number of likely N-dealkylation sites (tertiary alicyclic amines) is 1. The van der Waals surface area contributed by atoms with E-state index in [4.69, 9.17) is 4.18 Å². The molecule has 0 saturated carbocycles. The standard InChI is InChI=1S/C18H28N2O4S/c1-14(2)19-18(21)20-11-4-5-16(13-20)10-12-24-25(22,23)17-8-6-15(3)7-9-17/h6-9,14,16H,4-5,10-13H2,1-3H3,(H,19,21). The molecule has 25 heavy (non-hydrogen) atoms. The van der Waals surface area contributed by atoms with Crippen molar-refractivity contribution in [2.75, 3.05) is 19.7 Å². The highest BCUT2D eigenvalue weighted by Crippen LogP contribution is 2.21. The van der Waals surface area contributed by atoms with E-state index in [2.05, 4.69) is 5.32 Å². The number of carbonyl (C=O) groups excluding carboxylic acids is 1. The van der Waals surface area contributed by atoms with Gasteiger partial charge >= 0.3 is 6.03 Å². The molecule has 6 nitrogen and oxygen atoms in total. The molecule has 1 atom stereocenters. The Morgan fingerprint density at radius 3 is 2.64 bits per heavy atom. The Bertz CT molecular complexity index is 671. The monoisotopic (exact) mass is 368 g/mol. The van der Waals surface area contributed by atoms with Crippen molar-refractivity contribution in [1.82, 2.24) is 10.2 Å². The van der Waals surface area contributed by atoms with Crippen LogP contribution in [0.5, 0.6) is 0 Å². The fourth-order valence-electron chi connectivity index (χ4n) is 2.92. The summed E-state index contributed by atoms with van der Waals surface area (Å²) in [6.07, 6.45) is 2.54. The Hall–Kier alpha value is -1.60. The van der Waals surface area contributed by atoms with E-state index in [1.54, 1.807) is 24.3 Å². The summed E-state index contributed by atoms with van der Waals surface area (Å²) >= 11 is 0. The van der Waals surface area contributed by atoms with Crippen LogP contribution in [0.15, 0.2) is 29.2 Å². The number of hydrogen-bond donors (Lipinski definition) is 1. The molecule has 2 amide bonds. The smallest absolute Gasteiger partial charge is 0.317 e. The van der Waals surface area contributed by atoms with Gasteiger partial charge in [0.1, 0.15) is 0 Å². The molecule has 1 aliphatic heterocycles. The fourth-order valence-corrected chi connectivity index (χ4v) is 3.84. The summed E-state index contributed by atoms with van der Waals surface area (Å²) in [5.41, 5.74) is 1.00. The van der Waals surface area contributed by atoms with Crippen molar-refractivity contribution >= 4 is 16.1 Å². The summed E-state index contributed by atoms with van der Waals surface area (Å²) in [4.78, 5) is 14.1. The van der Waals surface area contributed by atoms with Crippen LogP contribution in [0.4, 0.5) is 4.79 Å². The second kappa shape index (κ2) is 8.67. The minimum absolute atomic E-state index is 0.0482. The number of amides is 2. The van der Waals surface area contributed by atoms with E-state index < -0.39 is 10.1 Å². The molecular weight excluding hydrogens is 340 g/mol. The van der Waals surface area contributed by atoms with E-state index in [-0.39, 0.29) is 29.5 Å². The van der Waals surface area contributed by atoms with Gasteiger partial charge in [0.05, 0.1) is 11.5 Å². The number of urea groups is 1. The van der Waals surface area contributed by atoms with Crippen LogP contribution in [-0.2, 0) is 14.3 Å². The number of nitrogens with zero attached hydrogens (tertiary/aromatic N) is 1. The van der Waals surface area contributed by atoms with Crippen molar-refractivity contribution < 1.29 is 17.4 Å². The van der Waals surface area contributed by atoms with E-state index in [9.17, 15) is 13.2 Å². The Morgan fingerprint density at radius 2 is 2.00 bits per heavy atom. The first-order valence-electron chi connectivity index (χ1n) is 8.79. The van der Waals surface area contributed by atoms with Crippen LogP contribution in [0.25, 0.3) is 0 Å². The number of aryl methyl sites for hydroxylation is 1. The minimum atomic E-state index is -3.72. The second-order valence-corrected chi connectivity index (χ2v) is 8.55. The average Bonchev–Trinajstić information content (AvgIpc) is 2.55. The first-order chi connectivity index (χ1) is 11.8. The molecule has 1 aliphatic rings. The number of carbonyl (C=O) groups is 1. The molecule has 1 unspecified atom stereocenters. The fraction of sp³-hybridized carbons (Fsp3) is 0.611. The predicted molar refractivity (Wildman–Crippen MR) is 96.9 cm³/mol. The first-order valence-corrected chi connectivity index (χ1v) is 10.2. The average molecular weight is 368 g/mol. The zero-order valence-corrected chi connectivity index (χ0v) is 16.0. The molecule has 1 fully saturated rings. The number of hydrogen-bond acceptors (Lipinski definition) is 4. The third-order valence-corrected chi connectivity index (χ3v) is 5.62. The minimum Gasteiger partial charge on any atom is -0.336 e. The quantitative estimate of drug-likeness (QED) is 0.784. The third kappa shape index (κ3) is 6.01. The largest absolute Gasteiger partial charge is 0.336 e. The molecule has 0 bridgehead atoms. The van der Waals surface area contributed by atoms with Crippen molar-refractivity contribution in [2.45, 2.75) is 51.0 Å². The number of nitrogens with one attached hydrogen (secondary N) is 1. The van der Waals surface area contributed by atoms with Crippen LogP contribution < -0.4 is 5.32 Å². The number of rotatable bonds is 6. The van der Waals surface area contributed by atoms with Crippen molar-refractivity contribution in [1.29, 1.82) is 0 Å². The molecule has 0 spiro atoms. The zero-order valence-electron chi connectivity index (χ0n) is 15.2. The van der Waals surface area contributed by atoms with Crippen molar-refractivity contribution in [3.63, 3.8) is 0 Å². The molecule has 1 heterocycles. The lowest BCUT2D eigenvalue weighted by Gasteiger charge is -2.33. The SMILES string of the molecule is Cc1ccc(S(=O)(=O)OCCC2CCCN(C(=O)NC(C)C)C2)cc1. The third-order valence-electron chi connectivity index (χ3n) is 4.29. The molecule has 0 radical (unpaired) electrons. The van der Waals surface area contributed by atoms with Crippen LogP contribution in [0, 0.1) is 12.8 Å². The van der Waals surface area contributed by atoms with Gasteiger partial charge in [0.2, 0.25) is 0 Å². The Balaban J connectivity index is 1.82.